The number of halogens is 1. The molecule has 0 fully saturated rings. The third-order valence-electron chi connectivity index (χ3n) is 2.24. The first kappa shape index (κ1) is 9.15. The van der Waals surface area contributed by atoms with Crippen LogP contribution in [0, 0.1) is 12.7 Å². The fourth-order valence-electron chi connectivity index (χ4n) is 1.41. The smallest absolute Gasteiger partial charge is 0.171 e. The van der Waals surface area contributed by atoms with Crippen LogP contribution in [0.15, 0.2) is 18.3 Å². The van der Waals surface area contributed by atoms with Crippen LogP contribution in [0.2, 0.25) is 0 Å². The number of aryl methyl sites for hydroxylation is 1. The number of nitrogens with zero attached hydrogens (tertiary/aromatic N) is 2. The van der Waals surface area contributed by atoms with E-state index in [1.54, 1.807) is 32.2 Å². The Morgan fingerprint density at radius 1 is 1.57 bits per heavy atom. The molecule has 3 nitrogen and oxygen atoms in total. The van der Waals surface area contributed by atoms with Crippen LogP contribution in [0.4, 0.5) is 4.39 Å². The molecule has 1 unspecified atom stereocenters. The van der Waals surface area contributed by atoms with Gasteiger partial charge in [0, 0.05) is 6.20 Å². The molecule has 0 aliphatic rings. The van der Waals surface area contributed by atoms with Crippen molar-refractivity contribution >= 4 is 5.52 Å². The molecular weight excluding hydrogens is 183 g/mol. The zero-order chi connectivity index (χ0) is 10.3. The van der Waals surface area contributed by atoms with E-state index in [4.69, 9.17) is 0 Å². The second-order valence-corrected chi connectivity index (χ2v) is 3.37. The average Bonchev–Trinajstić information content (AvgIpc) is 2.43. The Labute approximate surface area is 80.8 Å². The first-order chi connectivity index (χ1) is 6.59. The first-order valence-electron chi connectivity index (χ1n) is 4.42. The third kappa shape index (κ3) is 1.28. The number of hydrogen-bond acceptors (Lipinski definition) is 2. The molecule has 0 saturated carbocycles. The Morgan fingerprint density at radius 3 is 2.93 bits per heavy atom. The number of fused-ring (bicyclic) bond motifs is 1. The highest BCUT2D eigenvalue weighted by Gasteiger charge is 2.10. The Hall–Kier alpha value is -1.42. The minimum atomic E-state index is -0.588. The first-order valence-corrected chi connectivity index (χ1v) is 4.42. The molecule has 0 amide bonds. The van der Waals surface area contributed by atoms with Crippen molar-refractivity contribution in [3.05, 3.63) is 35.4 Å². The molecule has 0 bridgehead atoms. The summed E-state index contributed by atoms with van der Waals surface area (Å²) in [4.78, 5) is 0. The monoisotopic (exact) mass is 194 g/mol. The fourth-order valence-corrected chi connectivity index (χ4v) is 1.41. The van der Waals surface area contributed by atoms with Crippen LogP contribution in [0.3, 0.4) is 0 Å². The summed E-state index contributed by atoms with van der Waals surface area (Å²) < 4.78 is 14.9. The van der Waals surface area contributed by atoms with Crippen molar-refractivity contribution < 1.29 is 9.50 Å². The summed E-state index contributed by atoms with van der Waals surface area (Å²) in [5, 5.41) is 13.3. The highest BCUT2D eigenvalue weighted by Crippen LogP contribution is 2.18. The molecule has 14 heavy (non-hydrogen) atoms. The minimum absolute atomic E-state index is 0.326. The molecule has 0 radical (unpaired) electrons. The standard InChI is InChI=1S/C10H11FN2O/c1-6-10(11)9-5-8(7(2)14)3-4-13(9)12-6/h3-5,7,14H,1-2H3. The summed E-state index contributed by atoms with van der Waals surface area (Å²) in [7, 11) is 0. The van der Waals surface area contributed by atoms with Gasteiger partial charge < -0.3 is 5.11 Å². The van der Waals surface area contributed by atoms with Crippen molar-refractivity contribution in [3.63, 3.8) is 0 Å². The number of aromatic nitrogens is 2. The predicted octanol–water partition coefficient (Wildman–Crippen LogP) is 1.84. The maximum atomic E-state index is 13.4. The predicted molar refractivity (Wildman–Crippen MR) is 50.5 cm³/mol. The van der Waals surface area contributed by atoms with Crippen molar-refractivity contribution in [2.75, 3.05) is 0 Å². The average molecular weight is 194 g/mol. The summed E-state index contributed by atoms with van der Waals surface area (Å²) in [6.45, 7) is 3.26. The number of rotatable bonds is 1. The van der Waals surface area contributed by atoms with Gasteiger partial charge >= 0.3 is 0 Å². The minimum Gasteiger partial charge on any atom is -0.389 e. The molecule has 1 N–H and O–H groups in total. The van der Waals surface area contributed by atoms with E-state index >= 15 is 0 Å². The van der Waals surface area contributed by atoms with Gasteiger partial charge in [0.2, 0.25) is 0 Å². The summed E-state index contributed by atoms with van der Waals surface area (Å²) >= 11 is 0. The molecule has 1 atom stereocenters. The zero-order valence-electron chi connectivity index (χ0n) is 8.03. The van der Waals surface area contributed by atoms with Crippen molar-refractivity contribution in [2.45, 2.75) is 20.0 Å². The molecule has 0 spiro atoms. The fraction of sp³-hybridized carbons (Fsp3) is 0.300. The Morgan fingerprint density at radius 2 is 2.29 bits per heavy atom. The van der Waals surface area contributed by atoms with Gasteiger partial charge in [0.1, 0.15) is 5.52 Å². The van der Waals surface area contributed by atoms with Crippen LogP contribution in [0.5, 0.6) is 0 Å². The van der Waals surface area contributed by atoms with E-state index in [2.05, 4.69) is 5.10 Å². The summed E-state index contributed by atoms with van der Waals surface area (Å²) in [5.74, 6) is -0.326. The van der Waals surface area contributed by atoms with Gasteiger partial charge in [0.15, 0.2) is 5.82 Å². The van der Waals surface area contributed by atoms with E-state index in [-0.39, 0.29) is 5.82 Å². The zero-order valence-corrected chi connectivity index (χ0v) is 8.03. The molecule has 2 rings (SSSR count). The lowest BCUT2D eigenvalue weighted by Gasteiger charge is -2.03. The van der Waals surface area contributed by atoms with Gasteiger partial charge in [-0.1, -0.05) is 0 Å². The Bertz CT molecular complexity index is 476. The van der Waals surface area contributed by atoms with Crippen LogP contribution >= 0.6 is 0 Å². The summed E-state index contributed by atoms with van der Waals surface area (Å²) in [6, 6.07) is 3.34. The lowest BCUT2D eigenvalue weighted by molar-refractivity contribution is 0.199. The van der Waals surface area contributed by atoms with Crippen LogP contribution in [-0.2, 0) is 0 Å². The van der Waals surface area contributed by atoms with Crippen LogP contribution < -0.4 is 0 Å². The maximum absolute atomic E-state index is 13.4. The molecular formula is C10H11FN2O. The molecule has 2 heterocycles. The van der Waals surface area contributed by atoms with E-state index in [0.717, 1.165) is 0 Å². The van der Waals surface area contributed by atoms with E-state index < -0.39 is 6.10 Å². The second kappa shape index (κ2) is 3.06. The molecule has 0 aromatic carbocycles. The van der Waals surface area contributed by atoms with Gasteiger partial charge in [-0.05, 0) is 31.5 Å². The molecule has 2 aromatic rings. The lowest BCUT2D eigenvalue weighted by Crippen LogP contribution is -1.94. The van der Waals surface area contributed by atoms with Gasteiger partial charge in [0.25, 0.3) is 0 Å². The maximum Gasteiger partial charge on any atom is 0.171 e. The van der Waals surface area contributed by atoms with Crippen molar-refractivity contribution in [1.82, 2.24) is 9.61 Å². The molecule has 74 valence electrons. The second-order valence-electron chi connectivity index (χ2n) is 3.37. The third-order valence-corrected chi connectivity index (χ3v) is 2.24. The van der Waals surface area contributed by atoms with Crippen molar-refractivity contribution in [1.29, 1.82) is 0 Å². The number of hydrogen-bond donors (Lipinski definition) is 1. The number of pyridine rings is 1. The van der Waals surface area contributed by atoms with Crippen molar-refractivity contribution in [3.8, 4) is 0 Å². The van der Waals surface area contributed by atoms with E-state index in [0.29, 0.717) is 16.8 Å². The Balaban J connectivity index is 2.69. The SMILES string of the molecule is Cc1nn2ccc(C(C)O)cc2c1F. The van der Waals surface area contributed by atoms with E-state index in [1.165, 1.54) is 4.52 Å². The van der Waals surface area contributed by atoms with Gasteiger partial charge in [-0.3, -0.25) is 0 Å². The molecule has 2 aromatic heterocycles. The van der Waals surface area contributed by atoms with Gasteiger partial charge in [-0.25, -0.2) is 8.91 Å². The van der Waals surface area contributed by atoms with E-state index in [9.17, 15) is 9.50 Å². The van der Waals surface area contributed by atoms with Gasteiger partial charge in [0.05, 0.1) is 11.8 Å². The highest BCUT2D eigenvalue weighted by atomic mass is 19.1. The Kier molecular flexibility index (Phi) is 2.00. The number of aliphatic hydroxyl groups is 1. The van der Waals surface area contributed by atoms with Crippen LogP contribution in [0.1, 0.15) is 24.3 Å². The largest absolute Gasteiger partial charge is 0.389 e. The van der Waals surface area contributed by atoms with Gasteiger partial charge in [-0.15, -0.1) is 0 Å². The van der Waals surface area contributed by atoms with Gasteiger partial charge in [-0.2, -0.15) is 5.10 Å². The van der Waals surface area contributed by atoms with Crippen LogP contribution in [-0.4, -0.2) is 14.7 Å². The van der Waals surface area contributed by atoms with E-state index in [1.807, 2.05) is 0 Å². The molecule has 0 saturated heterocycles. The molecule has 4 heteroatoms. The molecule has 0 aliphatic carbocycles. The highest BCUT2D eigenvalue weighted by molar-refractivity contribution is 5.51. The summed E-state index contributed by atoms with van der Waals surface area (Å²) in [6.07, 6.45) is 1.06. The normalized spacial score (nSPS) is 13.4. The lowest BCUT2D eigenvalue weighted by atomic mass is 10.1. The topological polar surface area (TPSA) is 37.5 Å². The number of aliphatic hydroxyl groups excluding tert-OH is 1. The molecule has 0 aliphatic heterocycles. The summed E-state index contributed by atoms with van der Waals surface area (Å²) in [5.41, 5.74) is 1.46. The van der Waals surface area contributed by atoms with Crippen molar-refractivity contribution in [2.24, 2.45) is 0 Å². The van der Waals surface area contributed by atoms with Crippen LogP contribution in [0.25, 0.3) is 5.52 Å². The quantitative estimate of drug-likeness (QED) is 0.752.